The van der Waals surface area contributed by atoms with Gasteiger partial charge in [-0.3, -0.25) is 9.59 Å². The molecule has 4 aromatic rings. The fourth-order valence-electron chi connectivity index (χ4n) is 3.78. The number of benzene rings is 3. The topological polar surface area (TPSA) is 71.8 Å². The minimum absolute atomic E-state index is 0.173. The van der Waals surface area contributed by atoms with E-state index in [1.54, 1.807) is 35.4 Å². The lowest BCUT2D eigenvalue weighted by molar-refractivity contribution is -0.142. The Bertz CT molecular complexity index is 1180. The first-order valence-corrected chi connectivity index (χ1v) is 11.5. The van der Waals surface area contributed by atoms with Crippen LogP contribution in [0.2, 0.25) is 0 Å². The van der Waals surface area contributed by atoms with E-state index in [2.05, 4.69) is 5.32 Å². The van der Waals surface area contributed by atoms with Crippen molar-refractivity contribution in [3.8, 4) is 5.75 Å². The van der Waals surface area contributed by atoms with E-state index in [9.17, 15) is 9.59 Å². The molecule has 6 nitrogen and oxygen atoms in total. The van der Waals surface area contributed by atoms with E-state index in [0.29, 0.717) is 17.9 Å². The second-order valence-corrected chi connectivity index (χ2v) is 8.11. The highest BCUT2D eigenvalue weighted by molar-refractivity contribution is 5.88. The van der Waals surface area contributed by atoms with Crippen LogP contribution < -0.4 is 10.1 Å². The van der Waals surface area contributed by atoms with E-state index in [-0.39, 0.29) is 31.5 Å². The van der Waals surface area contributed by atoms with Gasteiger partial charge in [0.2, 0.25) is 5.91 Å². The second kappa shape index (κ2) is 12.2. The lowest BCUT2D eigenvalue weighted by Gasteiger charge is -2.31. The molecule has 0 aliphatic heterocycles. The zero-order valence-electron chi connectivity index (χ0n) is 19.4. The lowest BCUT2D eigenvalue weighted by atomic mass is 10.0. The van der Waals surface area contributed by atoms with Gasteiger partial charge in [0.05, 0.1) is 12.8 Å². The second-order valence-electron chi connectivity index (χ2n) is 8.11. The van der Waals surface area contributed by atoms with Crippen LogP contribution in [0, 0.1) is 0 Å². The molecule has 1 heterocycles. The summed E-state index contributed by atoms with van der Waals surface area (Å²) in [6, 6.07) is 31.4. The highest BCUT2D eigenvalue weighted by Crippen LogP contribution is 2.16. The standard InChI is InChI=1S/C29H28N2O4/c32-28(22-35-25-15-8-3-9-16-25)31(21-24-13-6-2-7-14-24)27(19-23-11-4-1-5-12-23)29(33)30-20-26-17-10-18-34-26/h1-18,27H,19-22H2,(H,30,33)/t27-/m1/s1. The van der Waals surface area contributed by atoms with Crippen LogP contribution in [-0.2, 0) is 29.1 Å². The Balaban J connectivity index is 1.58. The SMILES string of the molecule is O=C(NCc1ccco1)[C@@H](Cc1ccccc1)N(Cc1ccccc1)C(=O)COc1ccccc1. The quantitative estimate of drug-likeness (QED) is 0.349. The number of nitrogens with zero attached hydrogens (tertiary/aromatic N) is 1. The van der Waals surface area contributed by atoms with E-state index < -0.39 is 6.04 Å². The molecule has 0 bridgehead atoms. The van der Waals surface area contributed by atoms with Crippen LogP contribution in [-0.4, -0.2) is 29.4 Å². The molecule has 6 heteroatoms. The van der Waals surface area contributed by atoms with Crippen molar-refractivity contribution in [1.29, 1.82) is 0 Å². The molecule has 0 spiro atoms. The zero-order valence-corrected chi connectivity index (χ0v) is 19.4. The van der Waals surface area contributed by atoms with Gasteiger partial charge in [0, 0.05) is 13.0 Å². The third-order valence-electron chi connectivity index (χ3n) is 5.59. The van der Waals surface area contributed by atoms with Gasteiger partial charge in [0.15, 0.2) is 6.61 Å². The van der Waals surface area contributed by atoms with Crippen LogP contribution >= 0.6 is 0 Å². The maximum Gasteiger partial charge on any atom is 0.261 e. The predicted molar refractivity (Wildman–Crippen MR) is 133 cm³/mol. The van der Waals surface area contributed by atoms with Crippen molar-refractivity contribution in [3.63, 3.8) is 0 Å². The minimum Gasteiger partial charge on any atom is -0.484 e. The van der Waals surface area contributed by atoms with Crippen molar-refractivity contribution in [1.82, 2.24) is 10.2 Å². The van der Waals surface area contributed by atoms with Gasteiger partial charge in [0.1, 0.15) is 17.6 Å². The molecule has 4 rings (SSSR count). The van der Waals surface area contributed by atoms with Crippen molar-refractivity contribution in [2.45, 2.75) is 25.6 Å². The molecule has 0 aliphatic carbocycles. The number of para-hydroxylation sites is 1. The molecule has 0 fully saturated rings. The summed E-state index contributed by atoms with van der Waals surface area (Å²) < 4.78 is 11.1. The number of amides is 2. The summed E-state index contributed by atoms with van der Waals surface area (Å²) in [7, 11) is 0. The average Bonchev–Trinajstić information content (AvgIpc) is 3.43. The van der Waals surface area contributed by atoms with E-state index >= 15 is 0 Å². The third-order valence-corrected chi connectivity index (χ3v) is 5.59. The molecular formula is C29H28N2O4. The number of carbonyl (C=O) groups excluding carboxylic acids is 2. The molecule has 0 unspecified atom stereocenters. The maximum absolute atomic E-state index is 13.5. The van der Waals surface area contributed by atoms with E-state index in [1.807, 2.05) is 78.9 Å². The van der Waals surface area contributed by atoms with Gasteiger partial charge in [-0.2, -0.15) is 0 Å². The van der Waals surface area contributed by atoms with Gasteiger partial charge in [-0.15, -0.1) is 0 Å². The van der Waals surface area contributed by atoms with Crippen molar-refractivity contribution in [3.05, 3.63) is 126 Å². The number of hydrogen-bond donors (Lipinski definition) is 1. The smallest absolute Gasteiger partial charge is 0.261 e. The molecule has 178 valence electrons. The number of carbonyl (C=O) groups is 2. The minimum atomic E-state index is -0.737. The zero-order chi connectivity index (χ0) is 24.3. The van der Waals surface area contributed by atoms with Gasteiger partial charge in [-0.25, -0.2) is 0 Å². The Hall–Kier alpha value is -4.32. The Kier molecular flexibility index (Phi) is 8.32. The fraction of sp³-hybridized carbons (Fsp3) is 0.172. The molecule has 1 aromatic heterocycles. The van der Waals surface area contributed by atoms with Crippen LogP contribution in [0.1, 0.15) is 16.9 Å². The molecule has 0 radical (unpaired) electrons. The van der Waals surface area contributed by atoms with Gasteiger partial charge in [-0.1, -0.05) is 78.9 Å². The van der Waals surface area contributed by atoms with E-state index in [1.165, 1.54) is 0 Å². The highest BCUT2D eigenvalue weighted by Gasteiger charge is 2.30. The monoisotopic (exact) mass is 468 g/mol. The number of rotatable bonds is 11. The Morgan fingerprint density at radius 1 is 0.800 bits per heavy atom. The van der Waals surface area contributed by atoms with Crippen LogP contribution in [0.5, 0.6) is 5.75 Å². The average molecular weight is 469 g/mol. The van der Waals surface area contributed by atoms with Gasteiger partial charge >= 0.3 is 0 Å². The molecule has 3 aromatic carbocycles. The van der Waals surface area contributed by atoms with E-state index in [0.717, 1.165) is 11.1 Å². The first-order chi connectivity index (χ1) is 17.2. The van der Waals surface area contributed by atoms with E-state index in [4.69, 9.17) is 9.15 Å². The summed E-state index contributed by atoms with van der Waals surface area (Å²) in [6.45, 7) is 0.349. The van der Waals surface area contributed by atoms with Crippen molar-refractivity contribution in [2.24, 2.45) is 0 Å². The number of hydrogen-bond acceptors (Lipinski definition) is 4. The largest absolute Gasteiger partial charge is 0.484 e. The van der Waals surface area contributed by atoms with Crippen molar-refractivity contribution in [2.75, 3.05) is 6.61 Å². The number of nitrogens with one attached hydrogen (secondary N) is 1. The highest BCUT2D eigenvalue weighted by atomic mass is 16.5. The van der Waals surface area contributed by atoms with Crippen LogP contribution in [0.15, 0.2) is 114 Å². The first kappa shape index (κ1) is 23.8. The Morgan fingerprint density at radius 2 is 1.43 bits per heavy atom. The van der Waals surface area contributed by atoms with Crippen molar-refractivity contribution >= 4 is 11.8 Å². The fourth-order valence-corrected chi connectivity index (χ4v) is 3.78. The van der Waals surface area contributed by atoms with Crippen LogP contribution in [0.3, 0.4) is 0 Å². The number of ether oxygens (including phenoxy) is 1. The summed E-state index contributed by atoms with van der Waals surface area (Å²) in [5.74, 6) is 0.716. The molecule has 35 heavy (non-hydrogen) atoms. The summed E-state index contributed by atoms with van der Waals surface area (Å²) >= 11 is 0. The Labute approximate surface area is 205 Å². The lowest BCUT2D eigenvalue weighted by Crippen LogP contribution is -2.51. The maximum atomic E-state index is 13.5. The first-order valence-electron chi connectivity index (χ1n) is 11.5. The summed E-state index contributed by atoms with van der Waals surface area (Å²) in [4.78, 5) is 28.6. The van der Waals surface area contributed by atoms with Gasteiger partial charge in [0.25, 0.3) is 5.91 Å². The molecule has 0 saturated carbocycles. The molecule has 2 amide bonds. The molecular weight excluding hydrogens is 440 g/mol. The summed E-state index contributed by atoms with van der Waals surface area (Å²) in [5, 5.41) is 2.93. The Morgan fingerprint density at radius 3 is 2.06 bits per heavy atom. The van der Waals surface area contributed by atoms with Crippen LogP contribution in [0.25, 0.3) is 0 Å². The predicted octanol–water partition coefficient (Wildman–Crippen LogP) is 4.61. The van der Waals surface area contributed by atoms with Crippen molar-refractivity contribution < 1.29 is 18.7 Å². The van der Waals surface area contributed by atoms with Crippen LogP contribution in [0.4, 0.5) is 0 Å². The molecule has 1 atom stereocenters. The van der Waals surface area contributed by atoms with Gasteiger partial charge < -0.3 is 19.4 Å². The summed E-state index contributed by atoms with van der Waals surface area (Å²) in [5.41, 5.74) is 1.89. The third kappa shape index (κ3) is 7.08. The molecule has 0 saturated heterocycles. The summed E-state index contributed by atoms with van der Waals surface area (Å²) in [6.07, 6.45) is 1.93. The molecule has 0 aliphatic rings. The number of furan rings is 1. The molecule has 1 N–H and O–H groups in total. The van der Waals surface area contributed by atoms with Gasteiger partial charge in [-0.05, 0) is 35.4 Å². The normalized spacial score (nSPS) is 11.4.